The molecule has 0 aromatic carbocycles. The normalized spacial score (nSPS) is 57.9. The van der Waals surface area contributed by atoms with Crippen molar-refractivity contribution in [1.82, 2.24) is 0 Å². The van der Waals surface area contributed by atoms with E-state index in [9.17, 15) is 34.8 Å². The second kappa shape index (κ2) is 3.12. The van der Waals surface area contributed by atoms with Gasteiger partial charge in [-0.1, -0.05) is 5.57 Å². The molecule has 1 aliphatic heterocycles. The number of hydrogen-bond donors (Lipinski definition) is 4. The molecule has 7 atom stereocenters. The van der Waals surface area contributed by atoms with Crippen LogP contribution in [0.15, 0.2) is 11.6 Å². The molecular weight excluding hydrogens is 296 g/mol. The Hall–Kier alpha value is -1.77. The van der Waals surface area contributed by atoms with Gasteiger partial charge in [0.1, 0.15) is 11.5 Å². The molecule has 1 saturated heterocycles. The van der Waals surface area contributed by atoms with Gasteiger partial charge in [0, 0.05) is 0 Å². The molecule has 3 fully saturated rings. The molecule has 3 aliphatic carbocycles. The molecule has 7 unspecified atom stereocenters. The lowest BCUT2D eigenvalue weighted by Gasteiger charge is -2.48. The molecule has 2 saturated carbocycles. The highest BCUT2D eigenvalue weighted by molar-refractivity contribution is 6.09. The van der Waals surface area contributed by atoms with E-state index in [-0.39, 0.29) is 5.57 Å². The van der Waals surface area contributed by atoms with Crippen LogP contribution in [0.25, 0.3) is 0 Å². The Balaban J connectivity index is 2.15. The van der Waals surface area contributed by atoms with Crippen LogP contribution in [0.2, 0.25) is 0 Å². The molecule has 118 valence electrons. The van der Waals surface area contributed by atoms with Crippen LogP contribution in [0.5, 0.6) is 0 Å². The van der Waals surface area contributed by atoms with Gasteiger partial charge >= 0.3 is 11.9 Å². The van der Waals surface area contributed by atoms with Crippen molar-refractivity contribution in [1.29, 1.82) is 0 Å². The Bertz CT molecular complexity index is 708. The first-order chi connectivity index (χ1) is 9.98. The number of ether oxygens (including phenoxy) is 1. The summed E-state index contributed by atoms with van der Waals surface area (Å²) in [6.45, 7) is 2.55. The summed E-state index contributed by atoms with van der Waals surface area (Å²) in [5.74, 6) is -7.98. The third kappa shape index (κ3) is 0.884. The highest BCUT2D eigenvalue weighted by Crippen LogP contribution is 2.76. The Morgan fingerprint density at radius 3 is 2.36 bits per heavy atom. The van der Waals surface area contributed by atoms with Crippen LogP contribution in [0, 0.1) is 17.8 Å². The fraction of sp³-hybridized carbons (Fsp3) is 0.643. The van der Waals surface area contributed by atoms with Crippen molar-refractivity contribution < 1.29 is 39.5 Å². The average molecular weight is 310 g/mol. The van der Waals surface area contributed by atoms with Crippen molar-refractivity contribution in [3.8, 4) is 0 Å². The summed E-state index contributed by atoms with van der Waals surface area (Å²) in [6, 6.07) is 0. The molecule has 0 aromatic rings. The van der Waals surface area contributed by atoms with E-state index in [0.717, 1.165) is 13.0 Å². The highest BCUT2D eigenvalue weighted by Gasteiger charge is 2.98. The number of carboxylic acid groups (broad SMARTS) is 1. The maximum Gasteiger partial charge on any atom is 0.337 e. The molecule has 0 radical (unpaired) electrons. The maximum atomic E-state index is 12.5. The van der Waals surface area contributed by atoms with Crippen molar-refractivity contribution in [2.75, 3.05) is 0 Å². The highest BCUT2D eigenvalue weighted by atomic mass is 16.6. The molecule has 8 heteroatoms. The fourth-order valence-electron chi connectivity index (χ4n) is 5.61. The van der Waals surface area contributed by atoms with Gasteiger partial charge in [-0.05, 0) is 19.9 Å². The van der Waals surface area contributed by atoms with Crippen LogP contribution in [-0.2, 0) is 19.1 Å². The number of carboxylic acids is 1. The second-order valence-electron chi connectivity index (χ2n) is 6.89. The summed E-state index contributed by atoms with van der Waals surface area (Å²) < 4.78 is 5.08. The van der Waals surface area contributed by atoms with Crippen molar-refractivity contribution in [2.24, 2.45) is 17.8 Å². The van der Waals surface area contributed by atoms with Gasteiger partial charge in [0.15, 0.2) is 5.60 Å². The van der Waals surface area contributed by atoms with Crippen molar-refractivity contribution >= 4 is 17.7 Å². The first-order valence-corrected chi connectivity index (χ1v) is 6.84. The number of hydrogen-bond acceptors (Lipinski definition) is 7. The van der Waals surface area contributed by atoms with Gasteiger partial charge in [-0.25, -0.2) is 4.79 Å². The number of aliphatic carboxylic acids is 1. The molecule has 8 nitrogen and oxygen atoms in total. The Morgan fingerprint density at radius 2 is 1.82 bits per heavy atom. The number of carbonyl (C=O) groups excluding carboxylic acids is 2. The minimum absolute atomic E-state index is 0.148. The van der Waals surface area contributed by atoms with E-state index < -0.39 is 57.9 Å². The minimum atomic E-state index is -2.61. The van der Waals surface area contributed by atoms with Crippen molar-refractivity contribution in [2.45, 2.75) is 36.3 Å². The molecule has 1 heterocycles. The summed E-state index contributed by atoms with van der Waals surface area (Å²) in [4.78, 5) is 36.3. The number of ketones is 1. The third-order valence-electron chi connectivity index (χ3n) is 5.95. The minimum Gasteiger partial charge on any atom is -0.479 e. The molecular formula is C14H14O8. The van der Waals surface area contributed by atoms with Gasteiger partial charge in [-0.3, -0.25) is 9.59 Å². The molecule has 22 heavy (non-hydrogen) atoms. The maximum absolute atomic E-state index is 12.5. The Kier molecular flexibility index (Phi) is 1.97. The predicted octanol–water partition coefficient (Wildman–Crippen LogP) is -2.02. The molecule has 4 N–H and O–H groups in total. The molecule has 4 aliphatic rings. The van der Waals surface area contributed by atoms with Crippen LogP contribution < -0.4 is 0 Å². The van der Waals surface area contributed by atoms with Gasteiger partial charge in [-0.2, -0.15) is 0 Å². The van der Waals surface area contributed by atoms with Crippen LogP contribution in [0.4, 0.5) is 0 Å². The summed E-state index contributed by atoms with van der Waals surface area (Å²) >= 11 is 0. The molecule has 0 amide bonds. The van der Waals surface area contributed by atoms with E-state index in [1.165, 1.54) is 6.92 Å². The van der Waals surface area contributed by atoms with E-state index >= 15 is 0 Å². The summed E-state index contributed by atoms with van der Waals surface area (Å²) in [7, 11) is 0. The Labute approximate surface area is 124 Å². The van der Waals surface area contributed by atoms with Gasteiger partial charge in [-0.15, -0.1) is 0 Å². The lowest BCUT2D eigenvalue weighted by molar-refractivity contribution is -0.226. The average Bonchev–Trinajstić information content (AvgIpc) is 2.71. The molecule has 5 bridgehead atoms. The quantitative estimate of drug-likeness (QED) is 0.407. The molecule has 4 rings (SSSR count). The number of carbonyl (C=O) groups is 3. The molecule has 0 aromatic heterocycles. The van der Waals surface area contributed by atoms with E-state index in [4.69, 9.17) is 4.74 Å². The summed E-state index contributed by atoms with van der Waals surface area (Å²) in [6.07, 6.45) is 1.07. The third-order valence-corrected chi connectivity index (χ3v) is 5.95. The summed E-state index contributed by atoms with van der Waals surface area (Å²) in [5.41, 5.74) is -9.07. The standard InChI is InChI=1S/C14H14O8/c1-4-3-5(15)14-9-11(2,19)7(8(16)22-14)13(14,21)6(4)12(9,20)10(17)18/h3,6-7,9,19-21H,1-2H3,(H,17,18). The predicted molar refractivity (Wildman–Crippen MR) is 66.2 cm³/mol. The van der Waals surface area contributed by atoms with Crippen LogP contribution in [0.3, 0.4) is 0 Å². The smallest absolute Gasteiger partial charge is 0.337 e. The van der Waals surface area contributed by atoms with Crippen LogP contribution in [0.1, 0.15) is 13.8 Å². The monoisotopic (exact) mass is 310 g/mol. The van der Waals surface area contributed by atoms with E-state index in [1.807, 2.05) is 0 Å². The topological polar surface area (TPSA) is 141 Å². The zero-order chi connectivity index (χ0) is 16.5. The van der Waals surface area contributed by atoms with Crippen molar-refractivity contribution in [3.05, 3.63) is 11.6 Å². The molecule has 0 spiro atoms. The first kappa shape index (κ1) is 13.9. The largest absolute Gasteiger partial charge is 0.479 e. The van der Waals surface area contributed by atoms with Gasteiger partial charge in [0.25, 0.3) is 0 Å². The number of rotatable bonds is 1. The van der Waals surface area contributed by atoms with Crippen molar-refractivity contribution in [3.63, 3.8) is 0 Å². The number of esters is 1. The Morgan fingerprint density at radius 1 is 1.23 bits per heavy atom. The lowest BCUT2D eigenvalue weighted by Crippen LogP contribution is -2.67. The van der Waals surface area contributed by atoms with E-state index in [0.29, 0.717) is 0 Å². The zero-order valence-corrected chi connectivity index (χ0v) is 11.7. The zero-order valence-electron chi connectivity index (χ0n) is 11.7. The fourth-order valence-corrected chi connectivity index (χ4v) is 5.61. The summed E-state index contributed by atoms with van der Waals surface area (Å²) in [5, 5.41) is 42.2. The van der Waals surface area contributed by atoms with E-state index in [2.05, 4.69) is 0 Å². The van der Waals surface area contributed by atoms with Crippen LogP contribution >= 0.6 is 0 Å². The lowest BCUT2D eigenvalue weighted by atomic mass is 9.60. The van der Waals surface area contributed by atoms with Gasteiger partial charge < -0.3 is 25.2 Å². The van der Waals surface area contributed by atoms with E-state index in [1.54, 1.807) is 0 Å². The second-order valence-corrected chi connectivity index (χ2v) is 6.89. The first-order valence-electron chi connectivity index (χ1n) is 6.84. The van der Waals surface area contributed by atoms with Gasteiger partial charge in [0.2, 0.25) is 11.4 Å². The van der Waals surface area contributed by atoms with Crippen LogP contribution in [-0.4, -0.2) is 60.6 Å². The van der Waals surface area contributed by atoms with Gasteiger partial charge in [0.05, 0.1) is 17.4 Å². The number of aliphatic hydroxyl groups is 3. The SMILES string of the molecule is CC1=CC(=O)C23OC(=O)C4C(C)(O)C2C(O)(C(=O)O)C1C43O.